The van der Waals surface area contributed by atoms with Crippen LogP contribution in [0.25, 0.3) is 11.2 Å². The van der Waals surface area contributed by atoms with Crippen LogP contribution in [0.15, 0.2) is 38.2 Å². The lowest BCUT2D eigenvalue weighted by Crippen LogP contribution is -2.35. The summed E-state index contributed by atoms with van der Waals surface area (Å²) in [4.78, 5) is 17.6. The van der Waals surface area contributed by atoms with Crippen molar-refractivity contribution in [3.63, 3.8) is 0 Å². The van der Waals surface area contributed by atoms with E-state index in [1.807, 2.05) is 22.3 Å². The number of aryl methyl sites for hydroxylation is 1. The number of nitrogens with one attached hydrogen (secondary N) is 1. The third kappa shape index (κ3) is 3.49. The van der Waals surface area contributed by atoms with Crippen molar-refractivity contribution >= 4 is 17.1 Å². The third-order valence-corrected chi connectivity index (χ3v) is 4.71. The molecule has 3 aromatic heterocycles. The first-order valence-corrected chi connectivity index (χ1v) is 9.03. The van der Waals surface area contributed by atoms with Gasteiger partial charge in [0.25, 0.3) is 0 Å². The zero-order chi connectivity index (χ0) is 19.5. The number of rotatable bonds is 4. The highest BCUT2D eigenvalue weighted by Crippen LogP contribution is 2.34. The predicted molar refractivity (Wildman–Crippen MR) is 101 cm³/mol. The Morgan fingerprint density at radius 1 is 1.25 bits per heavy atom. The lowest BCUT2D eigenvalue weighted by atomic mass is 10.2. The van der Waals surface area contributed by atoms with Crippen LogP contribution in [0.5, 0.6) is 0 Å². The Hall–Kier alpha value is -2.82. The Morgan fingerprint density at radius 3 is 2.93 bits per heavy atom. The number of aromatic nitrogens is 6. The van der Waals surface area contributed by atoms with Crippen LogP contribution in [0.1, 0.15) is 18.3 Å². The number of fused-ring (bicyclic) bond motifs is 2. The summed E-state index contributed by atoms with van der Waals surface area (Å²) in [6, 6.07) is 0. The standard InChI is InChI=1S/C16H19N7O3.C2H4/c1-10-14-15(21-16(20-10)19-7-22-3-2-17-6-22)23(8-18-14)13-4-11-12(26-13)5-24-9-25-11;1-2/h2-3,6,8,11-13H,4-5,7,9H2,1H3,(H,19,20,21);1-2H2. The van der Waals surface area contributed by atoms with Gasteiger partial charge in [-0.3, -0.25) is 4.57 Å². The van der Waals surface area contributed by atoms with Gasteiger partial charge in [-0.25, -0.2) is 15.0 Å². The van der Waals surface area contributed by atoms with Gasteiger partial charge in [0.2, 0.25) is 5.95 Å². The molecule has 10 heteroatoms. The van der Waals surface area contributed by atoms with Crippen molar-refractivity contribution in [3.05, 3.63) is 43.9 Å². The molecule has 2 saturated heterocycles. The zero-order valence-electron chi connectivity index (χ0n) is 15.7. The molecule has 0 amide bonds. The van der Waals surface area contributed by atoms with E-state index in [0.717, 1.165) is 23.3 Å². The lowest BCUT2D eigenvalue weighted by Gasteiger charge is -2.23. The molecule has 2 aliphatic rings. The van der Waals surface area contributed by atoms with Crippen LogP contribution in [-0.2, 0) is 20.9 Å². The molecule has 3 aromatic rings. The molecule has 3 unspecified atom stereocenters. The van der Waals surface area contributed by atoms with Crippen molar-refractivity contribution in [2.45, 2.75) is 38.4 Å². The van der Waals surface area contributed by atoms with E-state index in [9.17, 15) is 0 Å². The topological polar surface area (TPSA) is 101 Å². The number of anilines is 1. The molecule has 0 radical (unpaired) electrons. The van der Waals surface area contributed by atoms with Crippen molar-refractivity contribution < 1.29 is 14.2 Å². The fourth-order valence-corrected chi connectivity index (χ4v) is 3.39. The Balaban J connectivity index is 0.000000932. The van der Waals surface area contributed by atoms with Crippen molar-refractivity contribution in [2.24, 2.45) is 0 Å². The van der Waals surface area contributed by atoms with Gasteiger partial charge in [0.1, 0.15) is 24.6 Å². The maximum atomic E-state index is 6.10. The fourth-order valence-electron chi connectivity index (χ4n) is 3.39. The van der Waals surface area contributed by atoms with Gasteiger partial charge in [-0.05, 0) is 6.92 Å². The number of nitrogens with zero attached hydrogens (tertiary/aromatic N) is 6. The monoisotopic (exact) mass is 385 g/mol. The summed E-state index contributed by atoms with van der Waals surface area (Å²) < 4.78 is 20.9. The lowest BCUT2D eigenvalue weighted by molar-refractivity contribution is -0.182. The Morgan fingerprint density at radius 2 is 2.14 bits per heavy atom. The second-order valence-electron chi connectivity index (χ2n) is 6.43. The van der Waals surface area contributed by atoms with Gasteiger partial charge in [-0.1, -0.05) is 0 Å². The summed E-state index contributed by atoms with van der Waals surface area (Å²) in [5.74, 6) is 0.542. The second kappa shape index (κ2) is 8.05. The van der Waals surface area contributed by atoms with Crippen LogP contribution in [0, 0.1) is 6.92 Å². The maximum Gasteiger partial charge on any atom is 0.226 e. The van der Waals surface area contributed by atoms with Crippen LogP contribution in [0.3, 0.4) is 0 Å². The molecule has 5 rings (SSSR count). The van der Waals surface area contributed by atoms with Gasteiger partial charge in [-0.15, -0.1) is 13.2 Å². The summed E-state index contributed by atoms with van der Waals surface area (Å²) in [6.45, 7) is 9.34. The molecule has 5 heterocycles. The number of imidazole rings is 2. The van der Waals surface area contributed by atoms with Crippen molar-refractivity contribution in [2.75, 3.05) is 18.7 Å². The molecular weight excluding hydrogens is 362 g/mol. The average Bonchev–Trinajstić information content (AvgIpc) is 3.46. The number of hydrogen-bond donors (Lipinski definition) is 1. The van der Waals surface area contributed by atoms with E-state index in [4.69, 9.17) is 14.2 Å². The maximum absolute atomic E-state index is 6.10. The van der Waals surface area contributed by atoms with Gasteiger partial charge in [0, 0.05) is 18.8 Å². The first kappa shape index (κ1) is 18.5. The summed E-state index contributed by atoms with van der Waals surface area (Å²) >= 11 is 0. The van der Waals surface area contributed by atoms with E-state index in [0.29, 0.717) is 26.0 Å². The molecule has 148 valence electrons. The van der Waals surface area contributed by atoms with E-state index in [2.05, 4.69) is 38.4 Å². The minimum absolute atomic E-state index is 0.0482. The number of hydrogen-bond acceptors (Lipinski definition) is 8. The van der Waals surface area contributed by atoms with Crippen molar-refractivity contribution in [3.8, 4) is 0 Å². The smallest absolute Gasteiger partial charge is 0.226 e. The van der Waals surface area contributed by atoms with Gasteiger partial charge >= 0.3 is 0 Å². The Labute approximate surface area is 162 Å². The molecule has 2 aliphatic heterocycles. The quantitative estimate of drug-likeness (QED) is 0.679. The molecule has 10 nitrogen and oxygen atoms in total. The zero-order valence-corrected chi connectivity index (χ0v) is 15.7. The SMILES string of the molecule is C=C.Cc1nc(NCn2ccnc2)nc2c1ncn2C1CC2OCOCC2O1. The molecule has 0 bridgehead atoms. The Kier molecular flexibility index (Phi) is 5.33. The van der Waals surface area contributed by atoms with Gasteiger partial charge in [0.05, 0.1) is 37.7 Å². The summed E-state index contributed by atoms with van der Waals surface area (Å²) in [5, 5.41) is 3.21. The predicted octanol–water partition coefficient (Wildman–Crippen LogP) is 1.86. The molecule has 0 aromatic carbocycles. The third-order valence-electron chi connectivity index (χ3n) is 4.71. The molecule has 0 spiro atoms. The van der Waals surface area contributed by atoms with Crippen LogP contribution < -0.4 is 5.32 Å². The minimum atomic E-state index is -0.174. The van der Waals surface area contributed by atoms with Gasteiger partial charge in [0.15, 0.2) is 5.65 Å². The summed E-state index contributed by atoms with van der Waals surface area (Å²) in [5.41, 5.74) is 2.33. The summed E-state index contributed by atoms with van der Waals surface area (Å²) in [7, 11) is 0. The first-order valence-electron chi connectivity index (χ1n) is 9.03. The van der Waals surface area contributed by atoms with E-state index < -0.39 is 0 Å². The molecule has 1 N–H and O–H groups in total. The van der Waals surface area contributed by atoms with E-state index in [1.54, 1.807) is 18.9 Å². The molecule has 28 heavy (non-hydrogen) atoms. The minimum Gasteiger partial charge on any atom is -0.353 e. The van der Waals surface area contributed by atoms with E-state index >= 15 is 0 Å². The highest BCUT2D eigenvalue weighted by molar-refractivity contribution is 5.74. The molecule has 3 atom stereocenters. The highest BCUT2D eigenvalue weighted by atomic mass is 16.7. The molecule has 2 fully saturated rings. The van der Waals surface area contributed by atoms with Crippen LogP contribution in [0.4, 0.5) is 5.95 Å². The second-order valence-corrected chi connectivity index (χ2v) is 6.43. The first-order chi connectivity index (χ1) is 13.8. The van der Waals surface area contributed by atoms with Crippen molar-refractivity contribution in [1.82, 2.24) is 29.1 Å². The number of ether oxygens (including phenoxy) is 3. The fraction of sp³-hybridized carbons (Fsp3) is 0.444. The molecule has 0 aliphatic carbocycles. The van der Waals surface area contributed by atoms with E-state index in [-0.39, 0.29) is 18.4 Å². The van der Waals surface area contributed by atoms with Crippen LogP contribution in [-0.4, -0.2) is 54.7 Å². The Bertz CT molecular complexity index is 913. The van der Waals surface area contributed by atoms with Crippen LogP contribution in [0.2, 0.25) is 0 Å². The van der Waals surface area contributed by atoms with E-state index in [1.165, 1.54) is 0 Å². The van der Waals surface area contributed by atoms with Crippen molar-refractivity contribution in [1.29, 1.82) is 0 Å². The molecule has 0 saturated carbocycles. The van der Waals surface area contributed by atoms with Gasteiger partial charge in [-0.2, -0.15) is 4.98 Å². The highest BCUT2D eigenvalue weighted by Gasteiger charge is 2.40. The normalized spacial score (nSPS) is 23.8. The largest absolute Gasteiger partial charge is 0.353 e. The summed E-state index contributed by atoms with van der Waals surface area (Å²) in [6.07, 6.45) is 7.68. The average molecular weight is 385 g/mol. The van der Waals surface area contributed by atoms with Gasteiger partial charge < -0.3 is 24.1 Å². The molecular formula is C18H23N7O3. The van der Waals surface area contributed by atoms with Crippen LogP contribution >= 0.6 is 0 Å².